The number of ether oxygens (including phenoxy) is 2. The second-order valence-corrected chi connectivity index (χ2v) is 6.52. The van der Waals surface area contributed by atoms with Crippen molar-refractivity contribution in [3.8, 4) is 0 Å². The summed E-state index contributed by atoms with van der Waals surface area (Å²) in [5.74, 6) is 0. The molecule has 0 unspecified atom stereocenters. The van der Waals surface area contributed by atoms with Gasteiger partial charge in [0.05, 0.1) is 0 Å². The Kier molecular flexibility index (Phi) is 14.4. The smallest absolute Gasteiger partial charge is 0.321 e. The van der Waals surface area contributed by atoms with Crippen LogP contribution in [0.25, 0.3) is 0 Å². The van der Waals surface area contributed by atoms with Gasteiger partial charge in [-0.1, -0.05) is 13.8 Å². The molecule has 0 spiro atoms. The molecular weight excluding hydrogens is 262 g/mol. The third kappa shape index (κ3) is 11.5. The highest BCUT2D eigenvalue weighted by Gasteiger charge is 2.12. The Morgan fingerprint density at radius 3 is 2.05 bits per heavy atom. The fraction of sp³-hybridized carbons (Fsp3) is 1.00. The van der Waals surface area contributed by atoms with Gasteiger partial charge in [0.2, 0.25) is 0 Å². The van der Waals surface area contributed by atoms with Gasteiger partial charge in [-0.25, -0.2) is 0 Å². The van der Waals surface area contributed by atoms with Crippen molar-refractivity contribution >= 4 is 9.28 Å². The third-order valence-electron chi connectivity index (χ3n) is 2.65. The minimum Gasteiger partial charge on any atom is -0.397 e. The molecule has 0 aliphatic rings. The molecule has 0 aromatic carbocycles. The number of methoxy groups -OCH3 is 2. The Morgan fingerprint density at radius 1 is 1.00 bits per heavy atom. The van der Waals surface area contributed by atoms with Crippen LogP contribution in [0.5, 0.6) is 0 Å². The van der Waals surface area contributed by atoms with E-state index in [-0.39, 0.29) is 6.29 Å². The summed E-state index contributed by atoms with van der Waals surface area (Å²) < 4.78 is 21.8. The molecule has 0 heterocycles. The van der Waals surface area contributed by atoms with Gasteiger partial charge in [0.15, 0.2) is 6.29 Å². The quantitative estimate of drug-likeness (QED) is 0.300. The predicted octanol–water partition coefficient (Wildman–Crippen LogP) is 1.66. The molecule has 0 fully saturated rings. The minimum absolute atomic E-state index is 0.166. The normalized spacial score (nSPS) is 11.7. The fourth-order valence-electron chi connectivity index (χ4n) is 1.59. The van der Waals surface area contributed by atoms with Crippen LogP contribution in [0, 0.1) is 0 Å². The molecule has 6 heteroatoms. The molecule has 0 saturated carbocycles. The molecule has 0 bridgehead atoms. The minimum atomic E-state index is -1.45. The second-order valence-electron chi connectivity index (χ2n) is 4.42. The van der Waals surface area contributed by atoms with E-state index in [1.54, 1.807) is 14.2 Å². The molecule has 0 saturated heterocycles. The van der Waals surface area contributed by atoms with E-state index in [0.29, 0.717) is 6.54 Å². The van der Waals surface area contributed by atoms with Crippen molar-refractivity contribution in [3.63, 3.8) is 0 Å². The van der Waals surface area contributed by atoms with Crippen molar-refractivity contribution in [2.45, 2.75) is 45.4 Å². The SMILES string of the molecule is CCCO[SiH](CCCNCC(OC)OC)OCCC. The van der Waals surface area contributed by atoms with Crippen LogP contribution >= 0.6 is 0 Å². The zero-order chi connectivity index (χ0) is 14.3. The van der Waals surface area contributed by atoms with Gasteiger partial charge in [0, 0.05) is 34.0 Å². The third-order valence-corrected chi connectivity index (χ3v) is 4.74. The Morgan fingerprint density at radius 2 is 1.58 bits per heavy atom. The average Bonchev–Trinajstić information content (AvgIpc) is 2.44. The zero-order valence-corrected chi connectivity index (χ0v) is 14.1. The van der Waals surface area contributed by atoms with Gasteiger partial charge in [-0.15, -0.1) is 0 Å². The Hall–Kier alpha value is 0.0169. The van der Waals surface area contributed by atoms with E-state index in [4.69, 9.17) is 18.3 Å². The number of hydrogen-bond donors (Lipinski definition) is 1. The van der Waals surface area contributed by atoms with Gasteiger partial charge in [0.1, 0.15) is 0 Å². The first kappa shape index (κ1) is 19.0. The highest BCUT2D eigenvalue weighted by Crippen LogP contribution is 2.03. The molecule has 0 aromatic rings. The van der Waals surface area contributed by atoms with E-state index >= 15 is 0 Å². The van der Waals surface area contributed by atoms with Gasteiger partial charge < -0.3 is 23.6 Å². The molecule has 0 radical (unpaired) electrons. The predicted molar refractivity (Wildman–Crippen MR) is 79.7 cm³/mol. The standard InChI is InChI=1S/C13H31NO4Si/c1-5-9-17-19(18-10-6-2)11-7-8-14-12-13(15-3)16-4/h13-14,19H,5-12H2,1-4H3. The largest absolute Gasteiger partial charge is 0.397 e. The Labute approximate surface area is 119 Å². The molecule has 0 amide bonds. The lowest BCUT2D eigenvalue weighted by molar-refractivity contribution is -0.0986. The summed E-state index contributed by atoms with van der Waals surface area (Å²) in [4.78, 5) is 0. The zero-order valence-electron chi connectivity index (χ0n) is 12.9. The molecule has 19 heavy (non-hydrogen) atoms. The van der Waals surface area contributed by atoms with Crippen LogP contribution in [-0.2, 0) is 18.3 Å². The van der Waals surface area contributed by atoms with Crippen molar-refractivity contribution in [2.75, 3.05) is 40.5 Å². The maximum absolute atomic E-state index is 5.80. The number of nitrogens with one attached hydrogen (secondary N) is 1. The molecule has 116 valence electrons. The van der Waals surface area contributed by atoms with Crippen LogP contribution in [0.15, 0.2) is 0 Å². The lowest BCUT2D eigenvalue weighted by atomic mass is 10.4. The van der Waals surface area contributed by atoms with Gasteiger partial charge in [-0.05, 0) is 31.9 Å². The van der Waals surface area contributed by atoms with E-state index < -0.39 is 9.28 Å². The molecule has 0 aliphatic heterocycles. The van der Waals surface area contributed by atoms with Crippen molar-refractivity contribution in [1.29, 1.82) is 0 Å². The molecule has 0 atom stereocenters. The van der Waals surface area contributed by atoms with Crippen LogP contribution in [0.4, 0.5) is 0 Å². The summed E-state index contributed by atoms with van der Waals surface area (Å²) in [6, 6.07) is 1.05. The molecule has 1 N–H and O–H groups in total. The lowest BCUT2D eigenvalue weighted by Gasteiger charge is -2.17. The first-order valence-corrected chi connectivity index (χ1v) is 9.03. The maximum Gasteiger partial charge on any atom is 0.321 e. The van der Waals surface area contributed by atoms with Crippen LogP contribution < -0.4 is 5.32 Å². The van der Waals surface area contributed by atoms with Crippen molar-refractivity contribution in [1.82, 2.24) is 5.32 Å². The topological polar surface area (TPSA) is 49.0 Å². The summed E-state index contributed by atoms with van der Waals surface area (Å²) in [7, 11) is 1.84. The first-order valence-electron chi connectivity index (χ1n) is 7.27. The lowest BCUT2D eigenvalue weighted by Crippen LogP contribution is -2.31. The molecule has 5 nitrogen and oxygen atoms in total. The summed E-state index contributed by atoms with van der Waals surface area (Å²) in [6.07, 6.45) is 3.02. The van der Waals surface area contributed by atoms with Gasteiger partial charge >= 0.3 is 9.28 Å². The fourth-order valence-corrected chi connectivity index (χ4v) is 3.55. The van der Waals surface area contributed by atoms with Crippen molar-refractivity contribution < 1.29 is 18.3 Å². The Balaban J connectivity index is 3.61. The van der Waals surface area contributed by atoms with Crippen molar-refractivity contribution in [2.24, 2.45) is 0 Å². The molecular formula is C13H31NO4Si. The highest BCUT2D eigenvalue weighted by molar-refractivity contribution is 6.44. The molecule has 0 aliphatic carbocycles. The number of hydrogen-bond acceptors (Lipinski definition) is 5. The average molecular weight is 293 g/mol. The van der Waals surface area contributed by atoms with Gasteiger partial charge in [-0.2, -0.15) is 0 Å². The molecule has 0 aromatic heterocycles. The summed E-state index contributed by atoms with van der Waals surface area (Å²) >= 11 is 0. The number of rotatable bonds is 14. The van der Waals surface area contributed by atoms with Gasteiger partial charge in [-0.3, -0.25) is 0 Å². The van der Waals surface area contributed by atoms with E-state index in [1.165, 1.54) is 0 Å². The van der Waals surface area contributed by atoms with Crippen LogP contribution in [0.3, 0.4) is 0 Å². The summed E-state index contributed by atoms with van der Waals surface area (Å²) in [5.41, 5.74) is 0. The monoisotopic (exact) mass is 293 g/mol. The van der Waals surface area contributed by atoms with E-state index in [1.807, 2.05) is 0 Å². The van der Waals surface area contributed by atoms with E-state index in [0.717, 1.165) is 45.1 Å². The van der Waals surface area contributed by atoms with E-state index in [9.17, 15) is 0 Å². The van der Waals surface area contributed by atoms with Crippen molar-refractivity contribution in [3.05, 3.63) is 0 Å². The Bertz CT molecular complexity index is 174. The first-order chi connectivity index (χ1) is 9.28. The van der Waals surface area contributed by atoms with Crippen LogP contribution in [-0.4, -0.2) is 56.1 Å². The van der Waals surface area contributed by atoms with Crippen LogP contribution in [0.1, 0.15) is 33.1 Å². The second kappa shape index (κ2) is 14.4. The highest BCUT2D eigenvalue weighted by atomic mass is 28.3. The van der Waals surface area contributed by atoms with Crippen LogP contribution in [0.2, 0.25) is 6.04 Å². The maximum atomic E-state index is 5.80. The summed E-state index contributed by atoms with van der Waals surface area (Å²) in [5, 5.41) is 3.32. The van der Waals surface area contributed by atoms with E-state index in [2.05, 4.69) is 19.2 Å². The summed E-state index contributed by atoms with van der Waals surface area (Å²) in [6.45, 7) is 7.56. The van der Waals surface area contributed by atoms with Gasteiger partial charge in [0.25, 0.3) is 0 Å². The molecule has 0 rings (SSSR count).